The standard InChI is InChI=1S/C9H10FNO2S/c1-5-4-6(9(10)14-5)7(12)2-3-8(11)13/h4H,2-3H2,1H3,(H2,11,13). The topological polar surface area (TPSA) is 60.2 Å². The molecule has 0 bridgehead atoms. The van der Waals surface area contributed by atoms with E-state index in [2.05, 4.69) is 0 Å². The molecule has 76 valence electrons. The molecule has 0 radical (unpaired) electrons. The highest BCUT2D eigenvalue weighted by molar-refractivity contribution is 7.10. The van der Waals surface area contributed by atoms with Gasteiger partial charge in [0.05, 0.1) is 5.56 Å². The summed E-state index contributed by atoms with van der Waals surface area (Å²) in [6.45, 7) is 1.72. The second kappa shape index (κ2) is 4.32. The van der Waals surface area contributed by atoms with E-state index in [4.69, 9.17) is 5.73 Å². The Morgan fingerprint density at radius 1 is 1.50 bits per heavy atom. The molecule has 1 rings (SSSR count). The fourth-order valence-corrected chi connectivity index (χ4v) is 1.79. The Balaban J connectivity index is 2.69. The van der Waals surface area contributed by atoms with Gasteiger partial charge in [-0.15, -0.1) is 11.3 Å². The molecule has 0 aliphatic carbocycles. The minimum absolute atomic E-state index is 0.0254. The van der Waals surface area contributed by atoms with E-state index in [1.54, 1.807) is 6.92 Å². The van der Waals surface area contributed by atoms with Gasteiger partial charge in [0, 0.05) is 17.7 Å². The van der Waals surface area contributed by atoms with Crippen molar-refractivity contribution < 1.29 is 14.0 Å². The first-order valence-electron chi connectivity index (χ1n) is 4.08. The highest BCUT2D eigenvalue weighted by Crippen LogP contribution is 2.21. The van der Waals surface area contributed by atoms with E-state index in [1.165, 1.54) is 6.07 Å². The number of thiophene rings is 1. The number of ketones is 1. The second-order valence-electron chi connectivity index (χ2n) is 2.93. The normalized spacial score (nSPS) is 10.1. The van der Waals surface area contributed by atoms with E-state index >= 15 is 0 Å². The molecule has 0 aliphatic rings. The number of carbonyl (C=O) groups is 2. The Morgan fingerprint density at radius 3 is 2.57 bits per heavy atom. The van der Waals surface area contributed by atoms with Crippen LogP contribution in [0.1, 0.15) is 28.1 Å². The highest BCUT2D eigenvalue weighted by atomic mass is 32.1. The molecule has 0 atom stereocenters. The van der Waals surface area contributed by atoms with Crippen molar-refractivity contribution in [3.63, 3.8) is 0 Å². The number of halogens is 1. The molecule has 3 nitrogen and oxygen atoms in total. The number of Topliss-reactive ketones (excluding diaryl/α,β-unsaturated/α-hetero) is 1. The van der Waals surface area contributed by atoms with Crippen LogP contribution < -0.4 is 5.73 Å². The third-order valence-corrected chi connectivity index (χ3v) is 2.55. The summed E-state index contributed by atoms with van der Waals surface area (Å²) >= 11 is 0.928. The molecule has 1 aromatic heterocycles. The van der Waals surface area contributed by atoms with Gasteiger partial charge in [0.25, 0.3) is 0 Å². The lowest BCUT2D eigenvalue weighted by atomic mass is 10.1. The van der Waals surface area contributed by atoms with Crippen LogP contribution in [-0.2, 0) is 4.79 Å². The Morgan fingerprint density at radius 2 is 2.14 bits per heavy atom. The van der Waals surface area contributed by atoms with Crippen molar-refractivity contribution in [1.29, 1.82) is 0 Å². The maximum Gasteiger partial charge on any atom is 0.217 e. The molecular formula is C9H10FNO2S. The molecule has 2 N–H and O–H groups in total. The summed E-state index contributed by atoms with van der Waals surface area (Å²) in [5.41, 5.74) is 4.94. The van der Waals surface area contributed by atoms with Crippen LogP contribution in [0.3, 0.4) is 0 Å². The van der Waals surface area contributed by atoms with E-state index in [-0.39, 0.29) is 24.2 Å². The molecule has 1 heterocycles. The first-order valence-corrected chi connectivity index (χ1v) is 4.90. The number of hydrogen-bond donors (Lipinski definition) is 1. The third kappa shape index (κ3) is 2.63. The van der Waals surface area contributed by atoms with Crippen LogP contribution in [0.15, 0.2) is 6.07 Å². The van der Waals surface area contributed by atoms with E-state index < -0.39 is 11.0 Å². The summed E-state index contributed by atoms with van der Waals surface area (Å²) in [6, 6.07) is 1.49. The van der Waals surface area contributed by atoms with Gasteiger partial charge in [-0.3, -0.25) is 9.59 Å². The number of rotatable bonds is 4. The number of aryl methyl sites for hydroxylation is 1. The number of primary amides is 1. The molecule has 0 saturated heterocycles. The summed E-state index contributed by atoms with van der Waals surface area (Å²) in [7, 11) is 0. The van der Waals surface area contributed by atoms with E-state index in [0.717, 1.165) is 16.2 Å². The van der Waals surface area contributed by atoms with Gasteiger partial charge in [0.1, 0.15) is 0 Å². The molecule has 0 fully saturated rings. The van der Waals surface area contributed by atoms with E-state index in [9.17, 15) is 14.0 Å². The lowest BCUT2D eigenvalue weighted by Gasteiger charge is -1.95. The highest BCUT2D eigenvalue weighted by Gasteiger charge is 2.14. The zero-order valence-corrected chi connectivity index (χ0v) is 8.49. The van der Waals surface area contributed by atoms with E-state index in [0.29, 0.717) is 0 Å². The smallest absolute Gasteiger partial charge is 0.217 e. The summed E-state index contributed by atoms with van der Waals surface area (Å²) < 4.78 is 13.1. The van der Waals surface area contributed by atoms with Gasteiger partial charge < -0.3 is 5.73 Å². The molecule has 5 heteroatoms. The van der Waals surface area contributed by atoms with Gasteiger partial charge in [-0.25, -0.2) is 0 Å². The summed E-state index contributed by atoms with van der Waals surface area (Å²) in [5.74, 6) is -0.920. The fourth-order valence-electron chi connectivity index (χ4n) is 1.05. The predicted octanol–water partition coefficient (Wildman–Crippen LogP) is 1.64. The third-order valence-electron chi connectivity index (χ3n) is 1.71. The van der Waals surface area contributed by atoms with Gasteiger partial charge in [0.2, 0.25) is 5.91 Å². The van der Waals surface area contributed by atoms with Crippen LogP contribution in [0.2, 0.25) is 0 Å². The first-order chi connectivity index (χ1) is 6.50. The van der Waals surface area contributed by atoms with Crippen molar-refractivity contribution in [3.05, 3.63) is 21.6 Å². The summed E-state index contributed by atoms with van der Waals surface area (Å²) in [4.78, 5) is 22.5. The molecule has 14 heavy (non-hydrogen) atoms. The van der Waals surface area contributed by atoms with Gasteiger partial charge >= 0.3 is 0 Å². The average molecular weight is 215 g/mol. The Bertz CT molecular complexity index is 373. The minimum Gasteiger partial charge on any atom is -0.370 e. The van der Waals surface area contributed by atoms with Crippen LogP contribution in [0, 0.1) is 12.1 Å². The van der Waals surface area contributed by atoms with Gasteiger partial charge in [-0.1, -0.05) is 0 Å². The van der Waals surface area contributed by atoms with Crippen molar-refractivity contribution in [3.8, 4) is 0 Å². The molecule has 0 aliphatic heterocycles. The Labute approximate surface area is 84.7 Å². The van der Waals surface area contributed by atoms with Crippen LogP contribution in [0.4, 0.5) is 4.39 Å². The van der Waals surface area contributed by atoms with E-state index in [1.807, 2.05) is 0 Å². The quantitative estimate of drug-likeness (QED) is 0.776. The number of carbonyl (C=O) groups excluding carboxylic acids is 2. The predicted molar refractivity (Wildman–Crippen MR) is 51.8 cm³/mol. The van der Waals surface area contributed by atoms with Crippen LogP contribution in [0.25, 0.3) is 0 Å². The number of hydrogen-bond acceptors (Lipinski definition) is 3. The fraction of sp³-hybridized carbons (Fsp3) is 0.333. The van der Waals surface area contributed by atoms with Crippen LogP contribution >= 0.6 is 11.3 Å². The molecule has 0 spiro atoms. The molecule has 1 aromatic rings. The SMILES string of the molecule is Cc1cc(C(=O)CCC(N)=O)c(F)s1. The number of nitrogens with two attached hydrogens (primary N) is 1. The zero-order chi connectivity index (χ0) is 10.7. The average Bonchev–Trinajstić information content (AvgIpc) is 2.41. The first kappa shape index (κ1) is 10.8. The lowest BCUT2D eigenvalue weighted by molar-refractivity contribution is -0.118. The molecular weight excluding hydrogens is 205 g/mol. The van der Waals surface area contributed by atoms with Gasteiger partial charge in [-0.05, 0) is 13.0 Å². The van der Waals surface area contributed by atoms with Gasteiger partial charge in [-0.2, -0.15) is 4.39 Å². The Hall–Kier alpha value is -1.23. The van der Waals surface area contributed by atoms with Crippen LogP contribution in [0.5, 0.6) is 0 Å². The maximum absolute atomic E-state index is 13.1. The van der Waals surface area contributed by atoms with Crippen molar-refractivity contribution in [2.24, 2.45) is 5.73 Å². The lowest BCUT2D eigenvalue weighted by Crippen LogP contribution is -2.12. The second-order valence-corrected chi connectivity index (χ2v) is 4.14. The molecule has 1 amide bonds. The Kier molecular flexibility index (Phi) is 3.35. The molecule has 0 saturated carbocycles. The minimum atomic E-state index is -0.550. The van der Waals surface area contributed by atoms with Crippen molar-refractivity contribution in [1.82, 2.24) is 0 Å². The van der Waals surface area contributed by atoms with Crippen molar-refractivity contribution in [2.45, 2.75) is 19.8 Å². The summed E-state index contributed by atoms with van der Waals surface area (Å²) in [5, 5.41) is -0.489. The van der Waals surface area contributed by atoms with Crippen molar-refractivity contribution in [2.75, 3.05) is 0 Å². The summed E-state index contributed by atoms with van der Waals surface area (Å²) in [6.07, 6.45) is -0.0599. The maximum atomic E-state index is 13.1. The van der Waals surface area contributed by atoms with Crippen molar-refractivity contribution >= 4 is 23.0 Å². The monoisotopic (exact) mass is 215 g/mol. The number of amides is 1. The van der Waals surface area contributed by atoms with Gasteiger partial charge in [0.15, 0.2) is 10.9 Å². The largest absolute Gasteiger partial charge is 0.370 e. The molecule has 0 aromatic carbocycles. The zero-order valence-electron chi connectivity index (χ0n) is 7.67. The molecule has 0 unspecified atom stereocenters. The van der Waals surface area contributed by atoms with Crippen LogP contribution in [-0.4, -0.2) is 11.7 Å².